The SMILES string of the molecule is Cc1cnc(-c2cc(C(N)=O)c(=O)n(-c3cccc(C(F)(F)F)c3)c2C)n1Cc1ccc(S(=O)(=O)C2CC2)cc1. The summed E-state index contributed by atoms with van der Waals surface area (Å²) in [4.78, 5) is 30.2. The van der Waals surface area contributed by atoms with E-state index in [1.165, 1.54) is 18.2 Å². The molecule has 1 saturated carbocycles. The minimum absolute atomic E-state index is 0.0797. The van der Waals surface area contributed by atoms with Gasteiger partial charge in [0.05, 0.1) is 15.7 Å². The van der Waals surface area contributed by atoms with Crippen molar-refractivity contribution in [2.45, 2.75) is 49.6 Å². The Bertz CT molecular complexity index is 1800. The number of alkyl halides is 3. The molecule has 0 saturated heterocycles. The van der Waals surface area contributed by atoms with Gasteiger partial charge in [-0.3, -0.25) is 14.2 Å². The Morgan fingerprint density at radius 3 is 2.35 bits per heavy atom. The Morgan fingerprint density at radius 1 is 1.07 bits per heavy atom. The molecule has 1 aliphatic rings. The highest BCUT2D eigenvalue weighted by Gasteiger charge is 2.36. The van der Waals surface area contributed by atoms with E-state index in [0.717, 1.165) is 28.0 Å². The van der Waals surface area contributed by atoms with Gasteiger partial charge >= 0.3 is 6.18 Å². The molecule has 0 bridgehead atoms. The molecule has 2 aromatic heterocycles. The summed E-state index contributed by atoms with van der Waals surface area (Å²) in [7, 11) is -3.34. The molecule has 12 heteroatoms. The third kappa shape index (κ3) is 4.94. The van der Waals surface area contributed by atoms with E-state index in [0.29, 0.717) is 24.2 Å². The molecule has 8 nitrogen and oxygen atoms in total. The Labute approximate surface area is 227 Å². The minimum Gasteiger partial charge on any atom is -0.365 e. The van der Waals surface area contributed by atoms with Gasteiger partial charge < -0.3 is 10.3 Å². The second-order valence-corrected chi connectivity index (χ2v) is 12.0. The maximum absolute atomic E-state index is 13.4. The van der Waals surface area contributed by atoms with E-state index in [9.17, 15) is 31.2 Å². The average Bonchev–Trinajstić information content (AvgIpc) is 3.70. The molecule has 0 atom stereocenters. The number of sulfone groups is 1. The van der Waals surface area contributed by atoms with Crippen molar-refractivity contribution in [3.8, 4) is 17.1 Å². The van der Waals surface area contributed by atoms with E-state index in [2.05, 4.69) is 4.98 Å². The number of amides is 1. The third-order valence-corrected chi connectivity index (χ3v) is 9.27. The van der Waals surface area contributed by atoms with Crippen LogP contribution in [0.2, 0.25) is 0 Å². The predicted octanol–water partition coefficient (Wildman–Crippen LogP) is 4.42. The molecular weight excluding hydrogens is 545 g/mol. The van der Waals surface area contributed by atoms with Gasteiger partial charge in [-0.05, 0) is 68.7 Å². The summed E-state index contributed by atoms with van der Waals surface area (Å²) in [6.45, 7) is 3.63. The van der Waals surface area contributed by atoms with Gasteiger partial charge in [-0.2, -0.15) is 13.2 Å². The Morgan fingerprint density at radius 2 is 1.75 bits per heavy atom. The number of carbonyl (C=O) groups is 1. The van der Waals surface area contributed by atoms with Gasteiger partial charge in [-0.1, -0.05) is 18.2 Å². The number of benzene rings is 2. The maximum Gasteiger partial charge on any atom is 0.416 e. The smallest absolute Gasteiger partial charge is 0.365 e. The van der Waals surface area contributed by atoms with Gasteiger partial charge in [-0.15, -0.1) is 0 Å². The first-order valence-corrected chi connectivity index (χ1v) is 13.9. The Hall–Kier alpha value is -4.19. The Balaban J connectivity index is 1.61. The molecule has 2 N–H and O–H groups in total. The van der Waals surface area contributed by atoms with Gasteiger partial charge in [0.2, 0.25) is 0 Å². The number of carbonyl (C=O) groups excluding carboxylic acids is 1. The molecule has 208 valence electrons. The lowest BCUT2D eigenvalue weighted by atomic mass is 10.1. The second-order valence-electron chi connectivity index (χ2n) is 9.81. The zero-order valence-corrected chi connectivity index (χ0v) is 22.4. The van der Waals surface area contributed by atoms with Crippen LogP contribution < -0.4 is 11.3 Å². The van der Waals surface area contributed by atoms with Crippen LogP contribution in [-0.2, 0) is 22.6 Å². The normalized spacial score (nSPS) is 13.9. The first kappa shape index (κ1) is 27.4. The minimum atomic E-state index is -4.64. The van der Waals surface area contributed by atoms with Crippen molar-refractivity contribution in [2.75, 3.05) is 0 Å². The van der Waals surface area contributed by atoms with Crippen LogP contribution in [0.3, 0.4) is 0 Å². The highest BCUT2D eigenvalue weighted by Crippen LogP contribution is 2.34. The standard InChI is InChI=1S/C28H25F3N4O4S/c1-16-14-33-26(34(16)15-18-6-8-21(9-7-18)40(38,39)22-10-11-22)23-13-24(25(32)36)27(37)35(17(23)2)20-5-3-4-19(12-20)28(29,30)31/h3-9,12-14,22H,10-11,15H2,1-2H3,(H2,32,36). The molecule has 40 heavy (non-hydrogen) atoms. The third-order valence-electron chi connectivity index (χ3n) is 7.00. The number of halogens is 3. The van der Waals surface area contributed by atoms with Crippen molar-refractivity contribution < 1.29 is 26.4 Å². The van der Waals surface area contributed by atoms with Crippen LogP contribution in [0.25, 0.3) is 17.1 Å². The Kier molecular flexibility index (Phi) is 6.69. The van der Waals surface area contributed by atoms with Crippen LogP contribution in [0.5, 0.6) is 0 Å². The molecule has 5 rings (SSSR count). The van der Waals surface area contributed by atoms with Crippen molar-refractivity contribution in [2.24, 2.45) is 5.73 Å². The first-order chi connectivity index (χ1) is 18.8. The molecule has 2 aromatic carbocycles. The summed E-state index contributed by atoms with van der Waals surface area (Å²) in [5, 5.41) is -0.323. The summed E-state index contributed by atoms with van der Waals surface area (Å²) in [6.07, 6.45) is -1.73. The number of hydrogen-bond donors (Lipinski definition) is 1. The van der Waals surface area contributed by atoms with Crippen LogP contribution in [0.1, 0.15) is 45.7 Å². The summed E-state index contributed by atoms with van der Waals surface area (Å²) in [6, 6.07) is 12.1. The van der Waals surface area contributed by atoms with Crippen molar-refractivity contribution in [3.05, 3.63) is 99.2 Å². The van der Waals surface area contributed by atoms with E-state index >= 15 is 0 Å². The summed E-state index contributed by atoms with van der Waals surface area (Å²) < 4.78 is 68.2. The number of pyridine rings is 1. The average molecular weight is 571 g/mol. The van der Waals surface area contributed by atoms with Crippen molar-refractivity contribution in [3.63, 3.8) is 0 Å². The van der Waals surface area contributed by atoms with E-state index < -0.39 is 38.6 Å². The molecule has 4 aromatic rings. The zero-order chi connectivity index (χ0) is 29.0. The van der Waals surface area contributed by atoms with Crippen molar-refractivity contribution in [1.29, 1.82) is 0 Å². The zero-order valence-electron chi connectivity index (χ0n) is 21.6. The van der Waals surface area contributed by atoms with Gasteiger partial charge in [-0.25, -0.2) is 13.4 Å². The lowest BCUT2D eigenvalue weighted by Gasteiger charge is -2.18. The molecule has 0 aliphatic heterocycles. The van der Waals surface area contributed by atoms with Crippen molar-refractivity contribution in [1.82, 2.24) is 14.1 Å². The lowest BCUT2D eigenvalue weighted by Crippen LogP contribution is -2.31. The summed E-state index contributed by atoms with van der Waals surface area (Å²) in [5.41, 5.74) is 5.28. The molecule has 1 fully saturated rings. The molecule has 1 aliphatic carbocycles. The second kappa shape index (κ2) is 9.77. The molecular formula is C28H25F3N4O4S. The monoisotopic (exact) mass is 570 g/mol. The molecule has 2 heterocycles. The number of aryl methyl sites for hydroxylation is 1. The number of aromatic nitrogens is 3. The number of hydrogen-bond acceptors (Lipinski definition) is 5. The fourth-order valence-corrected chi connectivity index (χ4v) is 6.31. The van der Waals surface area contributed by atoms with E-state index in [1.54, 1.807) is 48.9 Å². The largest absolute Gasteiger partial charge is 0.416 e. The summed E-state index contributed by atoms with van der Waals surface area (Å²) in [5.74, 6) is -0.679. The number of primary amides is 1. The van der Waals surface area contributed by atoms with Gasteiger partial charge in [0.25, 0.3) is 11.5 Å². The number of nitrogens with zero attached hydrogens (tertiary/aromatic N) is 3. The van der Waals surface area contributed by atoms with Crippen LogP contribution in [0, 0.1) is 13.8 Å². The highest BCUT2D eigenvalue weighted by atomic mass is 32.2. The van der Waals surface area contributed by atoms with Gasteiger partial charge in [0, 0.05) is 35.4 Å². The van der Waals surface area contributed by atoms with Crippen LogP contribution in [0.15, 0.2) is 70.5 Å². The molecule has 1 amide bonds. The first-order valence-electron chi connectivity index (χ1n) is 12.4. The van der Waals surface area contributed by atoms with E-state index in [-0.39, 0.29) is 28.1 Å². The van der Waals surface area contributed by atoms with Crippen LogP contribution in [-0.4, -0.2) is 33.7 Å². The molecule has 0 radical (unpaired) electrons. The predicted molar refractivity (Wildman–Crippen MR) is 142 cm³/mol. The number of rotatable bonds is 7. The lowest BCUT2D eigenvalue weighted by molar-refractivity contribution is -0.137. The number of imidazole rings is 1. The quantitative estimate of drug-likeness (QED) is 0.353. The highest BCUT2D eigenvalue weighted by molar-refractivity contribution is 7.92. The summed E-state index contributed by atoms with van der Waals surface area (Å²) >= 11 is 0. The van der Waals surface area contributed by atoms with E-state index in [1.807, 2.05) is 0 Å². The van der Waals surface area contributed by atoms with Crippen molar-refractivity contribution >= 4 is 15.7 Å². The van der Waals surface area contributed by atoms with E-state index in [4.69, 9.17) is 5.73 Å². The fraction of sp³-hybridized carbons (Fsp3) is 0.250. The molecule has 0 unspecified atom stereocenters. The van der Waals surface area contributed by atoms with Gasteiger partial charge in [0.15, 0.2) is 9.84 Å². The van der Waals surface area contributed by atoms with Crippen LogP contribution >= 0.6 is 0 Å². The number of nitrogens with two attached hydrogens (primary N) is 1. The van der Waals surface area contributed by atoms with Gasteiger partial charge in [0.1, 0.15) is 11.4 Å². The topological polar surface area (TPSA) is 117 Å². The molecule has 0 spiro atoms. The van der Waals surface area contributed by atoms with Crippen LogP contribution in [0.4, 0.5) is 13.2 Å². The fourth-order valence-electron chi connectivity index (χ4n) is 4.65. The maximum atomic E-state index is 13.4.